The fourth-order valence-electron chi connectivity index (χ4n) is 3.47. The molecule has 0 aromatic rings. The van der Waals surface area contributed by atoms with E-state index in [9.17, 15) is 4.79 Å². The second-order valence-electron chi connectivity index (χ2n) is 8.17. The number of amides is 1. The highest BCUT2D eigenvalue weighted by molar-refractivity contribution is 5.93. The van der Waals surface area contributed by atoms with Gasteiger partial charge in [-0.2, -0.15) is 0 Å². The first-order chi connectivity index (χ1) is 9.60. The van der Waals surface area contributed by atoms with E-state index in [1.165, 1.54) is 5.71 Å². The molecule has 0 bridgehead atoms. The molecule has 118 valence electrons. The van der Waals surface area contributed by atoms with Gasteiger partial charge in [0.2, 0.25) is 0 Å². The molecule has 1 saturated carbocycles. The monoisotopic (exact) mass is 294 g/mol. The van der Waals surface area contributed by atoms with Crippen molar-refractivity contribution in [1.29, 1.82) is 0 Å². The summed E-state index contributed by atoms with van der Waals surface area (Å²) < 4.78 is 5.44. The molecule has 0 aromatic carbocycles. The molecule has 2 aliphatic heterocycles. The number of ether oxygens (including phenoxy) is 1. The molecule has 1 saturated heterocycles. The minimum atomic E-state index is -0.425. The highest BCUT2D eigenvalue weighted by Crippen LogP contribution is 2.55. The van der Waals surface area contributed by atoms with E-state index in [0.29, 0.717) is 23.7 Å². The summed E-state index contributed by atoms with van der Waals surface area (Å²) in [6.45, 7) is 13.6. The summed E-state index contributed by atoms with van der Waals surface area (Å²) in [6.07, 6.45) is -0.188. The fourth-order valence-corrected chi connectivity index (χ4v) is 3.47. The van der Waals surface area contributed by atoms with Crippen LogP contribution in [0.25, 0.3) is 0 Å². The van der Waals surface area contributed by atoms with Gasteiger partial charge in [-0.05, 0) is 46.5 Å². The Morgan fingerprint density at radius 3 is 2.33 bits per heavy atom. The third kappa shape index (κ3) is 2.51. The molecule has 2 heterocycles. The molecular formula is C16H26N2O3. The van der Waals surface area contributed by atoms with Gasteiger partial charge in [0.1, 0.15) is 11.2 Å². The average Bonchev–Trinajstić information content (AvgIpc) is 2.71. The highest BCUT2D eigenvalue weighted by Gasteiger charge is 2.62. The van der Waals surface area contributed by atoms with Crippen molar-refractivity contribution in [2.24, 2.45) is 28.8 Å². The Balaban J connectivity index is 1.57. The van der Waals surface area contributed by atoms with Crippen molar-refractivity contribution in [3.63, 3.8) is 0 Å². The minimum Gasteiger partial charge on any atom is -0.444 e. The number of rotatable bonds is 1. The van der Waals surface area contributed by atoms with Crippen LogP contribution in [0.3, 0.4) is 0 Å². The quantitative estimate of drug-likeness (QED) is 0.747. The van der Waals surface area contributed by atoms with Crippen LogP contribution in [-0.2, 0) is 9.57 Å². The number of likely N-dealkylation sites (tertiary alicyclic amines) is 1. The third-order valence-corrected chi connectivity index (χ3v) is 5.06. The molecular weight excluding hydrogens is 268 g/mol. The summed E-state index contributed by atoms with van der Waals surface area (Å²) in [7, 11) is 0. The van der Waals surface area contributed by atoms with E-state index in [1.807, 2.05) is 25.7 Å². The lowest BCUT2D eigenvalue weighted by Crippen LogP contribution is -2.38. The van der Waals surface area contributed by atoms with Gasteiger partial charge in [-0.15, -0.1) is 0 Å². The predicted octanol–water partition coefficient (Wildman–Crippen LogP) is 2.90. The third-order valence-electron chi connectivity index (χ3n) is 5.06. The van der Waals surface area contributed by atoms with E-state index >= 15 is 0 Å². The van der Waals surface area contributed by atoms with Crippen LogP contribution in [0.15, 0.2) is 5.16 Å². The number of fused-ring (bicyclic) bond motifs is 1. The molecule has 3 aliphatic rings. The Morgan fingerprint density at radius 1 is 1.33 bits per heavy atom. The molecule has 21 heavy (non-hydrogen) atoms. The van der Waals surface area contributed by atoms with E-state index < -0.39 is 5.60 Å². The minimum absolute atomic E-state index is 0.188. The van der Waals surface area contributed by atoms with Crippen molar-refractivity contribution in [1.82, 2.24) is 4.90 Å². The maximum Gasteiger partial charge on any atom is 0.410 e. The van der Waals surface area contributed by atoms with Crippen molar-refractivity contribution < 1.29 is 14.4 Å². The molecule has 5 nitrogen and oxygen atoms in total. The number of carbonyl (C=O) groups excluding carboxylic acids is 1. The van der Waals surface area contributed by atoms with E-state index in [0.717, 1.165) is 13.1 Å². The lowest BCUT2D eigenvalue weighted by molar-refractivity contribution is -0.0103. The summed E-state index contributed by atoms with van der Waals surface area (Å²) >= 11 is 0. The van der Waals surface area contributed by atoms with Gasteiger partial charge in [-0.3, -0.25) is 0 Å². The maximum absolute atomic E-state index is 12.1. The zero-order valence-corrected chi connectivity index (χ0v) is 13.8. The Bertz CT molecular complexity index is 480. The Kier molecular flexibility index (Phi) is 3.05. The van der Waals surface area contributed by atoms with Crippen LogP contribution < -0.4 is 0 Å². The first-order valence-electron chi connectivity index (χ1n) is 7.84. The molecule has 0 radical (unpaired) electrons. The van der Waals surface area contributed by atoms with Crippen LogP contribution >= 0.6 is 0 Å². The van der Waals surface area contributed by atoms with Crippen LogP contribution in [0.5, 0.6) is 0 Å². The van der Waals surface area contributed by atoms with Crippen LogP contribution in [0.4, 0.5) is 4.79 Å². The van der Waals surface area contributed by atoms with Gasteiger partial charge < -0.3 is 14.5 Å². The van der Waals surface area contributed by atoms with Gasteiger partial charge in [0.25, 0.3) is 0 Å². The molecule has 4 atom stereocenters. The lowest BCUT2D eigenvalue weighted by Gasteiger charge is -2.26. The summed E-state index contributed by atoms with van der Waals surface area (Å²) in [6, 6.07) is 0. The number of carbonyl (C=O) groups is 1. The fraction of sp³-hybridized carbons (Fsp3) is 0.875. The molecule has 0 aromatic heterocycles. The molecule has 5 heteroatoms. The Labute approximate surface area is 126 Å². The number of hydrogen-bond donors (Lipinski definition) is 0. The predicted molar refractivity (Wildman–Crippen MR) is 80.0 cm³/mol. The summed E-state index contributed by atoms with van der Waals surface area (Å²) in [5.41, 5.74) is 0.571. The second-order valence-corrected chi connectivity index (χ2v) is 8.17. The maximum atomic E-state index is 12.1. The smallest absolute Gasteiger partial charge is 0.410 e. The lowest BCUT2D eigenvalue weighted by atomic mass is 9.86. The normalized spacial score (nSPS) is 36.9. The number of piperidine rings is 1. The van der Waals surface area contributed by atoms with Gasteiger partial charge in [-0.1, -0.05) is 12.1 Å². The van der Waals surface area contributed by atoms with Crippen molar-refractivity contribution in [3.8, 4) is 0 Å². The van der Waals surface area contributed by atoms with E-state index in [-0.39, 0.29) is 11.7 Å². The van der Waals surface area contributed by atoms with Crippen molar-refractivity contribution in [3.05, 3.63) is 0 Å². The van der Waals surface area contributed by atoms with Crippen LogP contribution in [0.2, 0.25) is 0 Å². The zero-order chi connectivity index (χ0) is 15.6. The number of nitrogens with zero attached hydrogens (tertiary/aromatic N) is 2. The Hall–Kier alpha value is -1.26. The van der Waals surface area contributed by atoms with Crippen LogP contribution in [0.1, 0.15) is 41.5 Å². The summed E-state index contributed by atoms with van der Waals surface area (Å²) in [5, 5.41) is 4.33. The molecule has 2 unspecified atom stereocenters. The first kappa shape index (κ1) is 14.7. The molecule has 0 N–H and O–H groups in total. The van der Waals surface area contributed by atoms with Gasteiger partial charge in [0.05, 0.1) is 5.71 Å². The van der Waals surface area contributed by atoms with Gasteiger partial charge in [0.15, 0.2) is 0 Å². The molecule has 3 rings (SSSR count). The number of hydrogen-bond acceptors (Lipinski definition) is 4. The summed E-state index contributed by atoms with van der Waals surface area (Å²) in [5.74, 6) is 1.93. The van der Waals surface area contributed by atoms with Gasteiger partial charge in [-0.25, -0.2) is 4.79 Å². The largest absolute Gasteiger partial charge is 0.444 e. The van der Waals surface area contributed by atoms with E-state index in [4.69, 9.17) is 9.57 Å². The van der Waals surface area contributed by atoms with Gasteiger partial charge in [0, 0.05) is 24.9 Å². The first-order valence-corrected chi connectivity index (χ1v) is 7.84. The van der Waals surface area contributed by atoms with E-state index in [1.54, 1.807) is 0 Å². The SMILES string of the molecule is CC1C(C2[C@H]3CN(C(=O)OC(C)(C)C)C[C@@H]23)=NOC1(C)C. The summed E-state index contributed by atoms with van der Waals surface area (Å²) in [4.78, 5) is 19.5. The topological polar surface area (TPSA) is 51.1 Å². The van der Waals surface area contributed by atoms with Gasteiger partial charge >= 0.3 is 6.09 Å². The van der Waals surface area contributed by atoms with Crippen molar-refractivity contribution >= 4 is 11.8 Å². The zero-order valence-electron chi connectivity index (χ0n) is 13.8. The molecule has 0 spiro atoms. The van der Waals surface area contributed by atoms with Crippen molar-refractivity contribution in [2.45, 2.75) is 52.7 Å². The highest BCUT2D eigenvalue weighted by atomic mass is 16.7. The number of oxime groups is 1. The van der Waals surface area contributed by atoms with E-state index in [2.05, 4.69) is 25.9 Å². The van der Waals surface area contributed by atoms with Crippen LogP contribution in [-0.4, -0.2) is 41.0 Å². The average molecular weight is 294 g/mol. The molecule has 1 amide bonds. The molecule has 1 aliphatic carbocycles. The molecule has 2 fully saturated rings. The standard InChI is InChI=1S/C16H26N2O3/c1-9-13(17-21-16(9,5)6)12-10-7-18(8-11(10)12)14(19)20-15(2,3)4/h9-12H,7-8H2,1-6H3/t9?,10-,11+,12?. The van der Waals surface area contributed by atoms with Crippen molar-refractivity contribution in [2.75, 3.05) is 13.1 Å². The Morgan fingerprint density at radius 2 is 1.90 bits per heavy atom. The second kappa shape index (κ2) is 4.37. The van der Waals surface area contributed by atoms with Crippen LogP contribution in [0, 0.1) is 23.7 Å².